The molecule has 166 valence electrons. The van der Waals surface area contributed by atoms with E-state index in [0.29, 0.717) is 47.9 Å². The maximum absolute atomic E-state index is 12.7. The van der Waals surface area contributed by atoms with E-state index in [-0.39, 0.29) is 23.1 Å². The molecule has 1 aliphatic heterocycles. The molecule has 1 aliphatic rings. The predicted molar refractivity (Wildman–Crippen MR) is 121 cm³/mol. The molecule has 0 atom stereocenters. The third-order valence-corrected chi connectivity index (χ3v) is 6.43. The maximum atomic E-state index is 12.7. The van der Waals surface area contributed by atoms with Gasteiger partial charge in [0, 0.05) is 30.9 Å². The number of rotatable bonds is 1. The molecule has 0 fully saturated rings. The molecular weight excluding hydrogens is 430 g/mol. The summed E-state index contributed by atoms with van der Waals surface area (Å²) < 4.78 is 38.3. The summed E-state index contributed by atoms with van der Waals surface area (Å²) in [6, 6.07) is 11.8. The van der Waals surface area contributed by atoms with Crippen LogP contribution in [0.2, 0.25) is 0 Å². The number of pyridine rings is 1. The van der Waals surface area contributed by atoms with Crippen molar-refractivity contribution in [1.29, 1.82) is 0 Å². The minimum absolute atomic E-state index is 0.0127. The standard InChI is InChI=1S/C23H23N3O5S/c1-26-15-17(9-10-22(26)27)21-13-18-16-32(28,29)12-5-3-2-4-11-30-19-7-6-8-20(14-19)31-23(24-18)25-21/h2-3,6-10,13-15H,4-5,11-12,16H2,1H3. The van der Waals surface area contributed by atoms with Crippen molar-refractivity contribution >= 4 is 9.84 Å². The van der Waals surface area contributed by atoms with Crippen molar-refractivity contribution in [2.75, 3.05) is 12.4 Å². The Bertz CT molecular complexity index is 1320. The van der Waals surface area contributed by atoms with E-state index >= 15 is 0 Å². The van der Waals surface area contributed by atoms with Crippen LogP contribution in [0.1, 0.15) is 18.5 Å². The van der Waals surface area contributed by atoms with Gasteiger partial charge in [0.25, 0.3) is 0 Å². The Labute approximate surface area is 186 Å². The molecule has 0 N–H and O–H groups in total. The topological polar surface area (TPSA) is 100 Å². The second-order valence-corrected chi connectivity index (χ2v) is 9.64. The highest BCUT2D eigenvalue weighted by atomic mass is 32.2. The molecule has 0 aliphatic carbocycles. The van der Waals surface area contributed by atoms with Gasteiger partial charge in [-0.05, 0) is 37.1 Å². The van der Waals surface area contributed by atoms with Gasteiger partial charge in [-0.1, -0.05) is 18.2 Å². The fraction of sp³-hybridized carbons (Fsp3) is 0.261. The highest BCUT2D eigenvalue weighted by Crippen LogP contribution is 2.26. The zero-order chi connectivity index (χ0) is 22.6. The van der Waals surface area contributed by atoms with E-state index in [1.807, 2.05) is 18.2 Å². The van der Waals surface area contributed by atoms with E-state index in [0.717, 1.165) is 0 Å². The normalized spacial score (nSPS) is 16.0. The van der Waals surface area contributed by atoms with Crippen molar-refractivity contribution in [2.45, 2.75) is 18.6 Å². The maximum Gasteiger partial charge on any atom is 0.322 e. The Balaban J connectivity index is 1.78. The molecule has 1 aromatic carbocycles. The zero-order valence-corrected chi connectivity index (χ0v) is 18.4. The lowest BCUT2D eigenvalue weighted by molar-refractivity contribution is 0.322. The highest BCUT2D eigenvalue weighted by molar-refractivity contribution is 7.90. The van der Waals surface area contributed by atoms with Crippen molar-refractivity contribution in [3.05, 3.63) is 76.9 Å². The number of allylic oxidation sites excluding steroid dienone is 1. The Morgan fingerprint density at radius 2 is 1.81 bits per heavy atom. The van der Waals surface area contributed by atoms with Crippen LogP contribution in [0, 0.1) is 0 Å². The summed E-state index contributed by atoms with van der Waals surface area (Å²) in [7, 11) is -1.76. The van der Waals surface area contributed by atoms with Crippen LogP contribution in [-0.4, -0.2) is 35.3 Å². The summed E-state index contributed by atoms with van der Waals surface area (Å²) in [6.45, 7) is 0.468. The Morgan fingerprint density at radius 1 is 1.00 bits per heavy atom. The molecular formula is C23H23N3O5S. The van der Waals surface area contributed by atoms with Gasteiger partial charge in [0.1, 0.15) is 11.5 Å². The van der Waals surface area contributed by atoms with Crippen molar-refractivity contribution in [3.8, 4) is 28.8 Å². The van der Waals surface area contributed by atoms with Crippen LogP contribution < -0.4 is 15.0 Å². The smallest absolute Gasteiger partial charge is 0.322 e. The van der Waals surface area contributed by atoms with E-state index in [1.54, 1.807) is 43.6 Å². The summed E-state index contributed by atoms with van der Waals surface area (Å²) in [5.74, 6) is 0.900. The third-order valence-electron chi connectivity index (χ3n) is 4.84. The summed E-state index contributed by atoms with van der Waals surface area (Å²) in [5.41, 5.74) is 1.27. The first-order valence-electron chi connectivity index (χ1n) is 10.2. The number of hydrogen-bond donors (Lipinski definition) is 0. The lowest BCUT2D eigenvalue weighted by Crippen LogP contribution is -2.14. The quantitative estimate of drug-likeness (QED) is 0.521. The number of benzene rings is 1. The van der Waals surface area contributed by atoms with Crippen LogP contribution in [-0.2, 0) is 22.6 Å². The van der Waals surface area contributed by atoms with Gasteiger partial charge >= 0.3 is 6.01 Å². The molecule has 0 unspecified atom stereocenters. The minimum atomic E-state index is -3.40. The van der Waals surface area contributed by atoms with Gasteiger partial charge in [0.05, 0.1) is 29.5 Å². The van der Waals surface area contributed by atoms with Crippen LogP contribution in [0.4, 0.5) is 0 Å². The molecule has 3 aromatic rings. The lowest BCUT2D eigenvalue weighted by Gasteiger charge is -2.11. The van der Waals surface area contributed by atoms with Crippen LogP contribution in [0.25, 0.3) is 11.3 Å². The van der Waals surface area contributed by atoms with Crippen molar-refractivity contribution < 1.29 is 17.9 Å². The molecule has 0 radical (unpaired) electrons. The van der Waals surface area contributed by atoms with Gasteiger partial charge in [0.15, 0.2) is 9.84 Å². The summed E-state index contributed by atoms with van der Waals surface area (Å²) in [6.07, 6.45) is 6.50. The summed E-state index contributed by atoms with van der Waals surface area (Å²) in [4.78, 5) is 20.6. The average molecular weight is 454 g/mol. The van der Waals surface area contributed by atoms with Gasteiger partial charge in [-0.15, -0.1) is 0 Å². The zero-order valence-electron chi connectivity index (χ0n) is 17.6. The van der Waals surface area contributed by atoms with Gasteiger partial charge in [-0.25, -0.2) is 8.42 Å². The Morgan fingerprint density at radius 3 is 2.66 bits per heavy atom. The van der Waals surface area contributed by atoms with Gasteiger partial charge < -0.3 is 14.0 Å². The number of hydrogen-bond acceptors (Lipinski definition) is 7. The number of aromatic nitrogens is 3. The Kier molecular flexibility index (Phi) is 6.36. The van der Waals surface area contributed by atoms with Gasteiger partial charge in [-0.2, -0.15) is 9.97 Å². The van der Waals surface area contributed by atoms with Crippen LogP contribution in [0.5, 0.6) is 17.5 Å². The lowest BCUT2D eigenvalue weighted by atomic mass is 10.2. The monoisotopic (exact) mass is 453 g/mol. The first-order chi connectivity index (χ1) is 15.4. The van der Waals surface area contributed by atoms with E-state index in [9.17, 15) is 13.2 Å². The summed E-state index contributed by atoms with van der Waals surface area (Å²) in [5, 5.41) is 0. The second kappa shape index (κ2) is 9.35. The number of sulfone groups is 1. The number of nitrogens with zero attached hydrogens (tertiary/aromatic N) is 3. The highest BCUT2D eigenvalue weighted by Gasteiger charge is 2.17. The fourth-order valence-corrected chi connectivity index (χ4v) is 4.48. The molecule has 0 saturated heterocycles. The molecule has 8 nitrogen and oxygen atoms in total. The molecule has 3 heterocycles. The first-order valence-corrected chi connectivity index (χ1v) is 12.0. The molecule has 32 heavy (non-hydrogen) atoms. The molecule has 9 heteroatoms. The molecule has 4 rings (SSSR count). The minimum Gasteiger partial charge on any atom is -0.493 e. The number of fused-ring (bicyclic) bond motifs is 4. The SMILES string of the molecule is Cn1cc(-c2cc3nc(n2)Oc2cccc(c2)OCCC=CCCS(=O)(=O)C3)ccc1=O. The van der Waals surface area contributed by atoms with E-state index in [1.165, 1.54) is 10.6 Å². The fourth-order valence-electron chi connectivity index (χ4n) is 3.24. The third kappa shape index (κ3) is 5.61. The molecule has 2 aromatic heterocycles. The average Bonchev–Trinajstić information content (AvgIpc) is 2.74. The van der Waals surface area contributed by atoms with E-state index in [2.05, 4.69) is 9.97 Å². The Hall–Kier alpha value is -3.46. The molecule has 0 amide bonds. The van der Waals surface area contributed by atoms with Crippen LogP contribution in [0.15, 0.2) is 65.6 Å². The van der Waals surface area contributed by atoms with Crippen LogP contribution >= 0.6 is 0 Å². The van der Waals surface area contributed by atoms with Crippen molar-refractivity contribution in [1.82, 2.24) is 14.5 Å². The van der Waals surface area contributed by atoms with Gasteiger partial charge in [-0.3, -0.25) is 4.79 Å². The number of ether oxygens (including phenoxy) is 2. The van der Waals surface area contributed by atoms with Crippen molar-refractivity contribution in [2.24, 2.45) is 7.05 Å². The molecule has 0 spiro atoms. The van der Waals surface area contributed by atoms with Crippen molar-refractivity contribution in [3.63, 3.8) is 0 Å². The first kappa shape index (κ1) is 21.8. The molecule has 0 saturated carbocycles. The van der Waals surface area contributed by atoms with E-state index < -0.39 is 9.84 Å². The second-order valence-electron chi connectivity index (χ2n) is 7.46. The predicted octanol–water partition coefficient (Wildman–Crippen LogP) is 3.28. The number of aryl methyl sites for hydroxylation is 1. The summed E-state index contributed by atoms with van der Waals surface area (Å²) >= 11 is 0. The largest absolute Gasteiger partial charge is 0.493 e. The van der Waals surface area contributed by atoms with Crippen LogP contribution in [0.3, 0.4) is 0 Å². The molecule has 4 bridgehead atoms. The van der Waals surface area contributed by atoms with Gasteiger partial charge in [0.2, 0.25) is 5.56 Å². The van der Waals surface area contributed by atoms with E-state index in [4.69, 9.17) is 9.47 Å².